The van der Waals surface area contributed by atoms with Crippen LogP contribution in [0.3, 0.4) is 0 Å². The number of aryl methyl sites for hydroxylation is 1. The van der Waals surface area contributed by atoms with E-state index in [1.807, 2.05) is 36.9 Å². The third-order valence-electron chi connectivity index (χ3n) is 3.90. The third-order valence-corrected chi connectivity index (χ3v) is 3.90. The fraction of sp³-hybridized carbons (Fsp3) is 0.533. The van der Waals surface area contributed by atoms with E-state index in [4.69, 9.17) is 0 Å². The Hall–Kier alpha value is -1.35. The second-order valence-corrected chi connectivity index (χ2v) is 5.19. The first kappa shape index (κ1) is 13.1. The standard InChI is InChI=1S/C15H21NO2/c1-11-5-3-7-14(12(11)2)15(18)16-8-4-6-13(9-16)10-17/h3,5,7,13,17H,4,6,8-10H2,1-2H3. The summed E-state index contributed by atoms with van der Waals surface area (Å²) < 4.78 is 0. The lowest BCUT2D eigenvalue weighted by Gasteiger charge is -2.32. The highest BCUT2D eigenvalue weighted by molar-refractivity contribution is 5.96. The molecular formula is C15H21NO2. The van der Waals surface area contributed by atoms with Crippen LogP contribution in [0.4, 0.5) is 0 Å². The van der Waals surface area contributed by atoms with Crippen LogP contribution in [-0.4, -0.2) is 35.6 Å². The number of rotatable bonds is 2. The molecule has 1 saturated heterocycles. The number of hydrogen-bond acceptors (Lipinski definition) is 2. The van der Waals surface area contributed by atoms with Crippen molar-refractivity contribution in [1.82, 2.24) is 4.90 Å². The Labute approximate surface area is 108 Å². The lowest BCUT2D eigenvalue weighted by atomic mass is 9.97. The van der Waals surface area contributed by atoms with Crippen molar-refractivity contribution < 1.29 is 9.90 Å². The van der Waals surface area contributed by atoms with Gasteiger partial charge in [0.05, 0.1) is 0 Å². The summed E-state index contributed by atoms with van der Waals surface area (Å²) in [5, 5.41) is 9.22. The average Bonchev–Trinajstić information content (AvgIpc) is 2.41. The van der Waals surface area contributed by atoms with Crippen molar-refractivity contribution in [3.63, 3.8) is 0 Å². The summed E-state index contributed by atoms with van der Waals surface area (Å²) in [7, 11) is 0. The van der Waals surface area contributed by atoms with Crippen molar-refractivity contribution in [3.05, 3.63) is 34.9 Å². The topological polar surface area (TPSA) is 40.5 Å². The number of piperidine rings is 1. The quantitative estimate of drug-likeness (QED) is 0.870. The van der Waals surface area contributed by atoms with E-state index in [-0.39, 0.29) is 18.4 Å². The lowest BCUT2D eigenvalue weighted by Crippen LogP contribution is -2.41. The van der Waals surface area contributed by atoms with E-state index >= 15 is 0 Å². The maximum atomic E-state index is 12.5. The zero-order valence-electron chi connectivity index (χ0n) is 11.1. The van der Waals surface area contributed by atoms with Gasteiger partial charge in [-0.15, -0.1) is 0 Å². The SMILES string of the molecule is Cc1cccc(C(=O)N2CCCC(CO)C2)c1C. The summed E-state index contributed by atoms with van der Waals surface area (Å²) in [6.07, 6.45) is 2.01. The molecule has 1 aromatic rings. The van der Waals surface area contributed by atoms with Crippen LogP contribution in [-0.2, 0) is 0 Å². The van der Waals surface area contributed by atoms with Crippen LogP contribution in [0.1, 0.15) is 34.3 Å². The van der Waals surface area contributed by atoms with Gasteiger partial charge < -0.3 is 10.0 Å². The minimum atomic E-state index is 0.106. The van der Waals surface area contributed by atoms with Crippen molar-refractivity contribution in [2.75, 3.05) is 19.7 Å². The number of amides is 1. The van der Waals surface area contributed by atoms with Crippen molar-refractivity contribution >= 4 is 5.91 Å². The lowest BCUT2D eigenvalue weighted by molar-refractivity contribution is 0.0620. The molecule has 1 fully saturated rings. The van der Waals surface area contributed by atoms with Crippen LogP contribution in [0.5, 0.6) is 0 Å². The molecule has 1 heterocycles. The second-order valence-electron chi connectivity index (χ2n) is 5.19. The van der Waals surface area contributed by atoms with Crippen LogP contribution < -0.4 is 0 Å². The molecule has 1 aliphatic rings. The maximum absolute atomic E-state index is 12.5. The zero-order chi connectivity index (χ0) is 13.1. The van der Waals surface area contributed by atoms with Gasteiger partial charge in [0.15, 0.2) is 0 Å². The third kappa shape index (κ3) is 2.56. The number of benzene rings is 1. The van der Waals surface area contributed by atoms with Crippen molar-refractivity contribution in [3.8, 4) is 0 Å². The molecule has 1 atom stereocenters. The number of likely N-dealkylation sites (tertiary alicyclic amines) is 1. The smallest absolute Gasteiger partial charge is 0.254 e. The van der Waals surface area contributed by atoms with Crippen LogP contribution in [0.25, 0.3) is 0 Å². The minimum absolute atomic E-state index is 0.106. The Morgan fingerprint density at radius 2 is 2.22 bits per heavy atom. The Balaban J connectivity index is 2.18. The van der Waals surface area contributed by atoms with Gasteiger partial charge in [-0.05, 0) is 49.8 Å². The molecule has 18 heavy (non-hydrogen) atoms. The van der Waals surface area contributed by atoms with E-state index in [1.54, 1.807) is 0 Å². The highest BCUT2D eigenvalue weighted by Crippen LogP contribution is 2.20. The Morgan fingerprint density at radius 1 is 1.44 bits per heavy atom. The number of carbonyl (C=O) groups excluding carboxylic acids is 1. The largest absolute Gasteiger partial charge is 0.396 e. The molecule has 0 spiro atoms. The van der Waals surface area contributed by atoms with Gasteiger partial charge in [-0.1, -0.05) is 12.1 Å². The van der Waals surface area contributed by atoms with Crippen LogP contribution in [0, 0.1) is 19.8 Å². The van der Waals surface area contributed by atoms with Gasteiger partial charge in [0.1, 0.15) is 0 Å². The molecule has 0 bridgehead atoms. The summed E-state index contributed by atoms with van der Waals surface area (Å²) >= 11 is 0. The molecule has 1 unspecified atom stereocenters. The monoisotopic (exact) mass is 247 g/mol. The predicted molar refractivity (Wildman–Crippen MR) is 71.6 cm³/mol. The van der Waals surface area contributed by atoms with Gasteiger partial charge in [0, 0.05) is 25.3 Å². The van der Waals surface area contributed by atoms with E-state index in [9.17, 15) is 9.90 Å². The highest BCUT2D eigenvalue weighted by Gasteiger charge is 2.24. The summed E-state index contributed by atoms with van der Waals surface area (Å²) in [4.78, 5) is 14.4. The number of aliphatic hydroxyl groups excluding tert-OH is 1. The molecule has 1 aromatic carbocycles. The molecule has 1 amide bonds. The van der Waals surface area contributed by atoms with Crippen LogP contribution in [0.15, 0.2) is 18.2 Å². The van der Waals surface area contributed by atoms with Gasteiger partial charge in [-0.25, -0.2) is 0 Å². The first-order chi connectivity index (χ1) is 8.63. The van der Waals surface area contributed by atoms with E-state index in [0.29, 0.717) is 6.54 Å². The summed E-state index contributed by atoms with van der Waals surface area (Å²) in [5.74, 6) is 0.349. The molecule has 1 N–H and O–H groups in total. The first-order valence-corrected chi connectivity index (χ1v) is 6.60. The molecule has 3 heteroatoms. The number of aliphatic hydroxyl groups is 1. The molecule has 1 aliphatic heterocycles. The molecule has 0 aromatic heterocycles. The maximum Gasteiger partial charge on any atom is 0.254 e. The van der Waals surface area contributed by atoms with Crippen LogP contribution in [0.2, 0.25) is 0 Å². The molecule has 0 radical (unpaired) electrons. The van der Waals surface area contributed by atoms with Crippen molar-refractivity contribution in [2.24, 2.45) is 5.92 Å². The summed E-state index contributed by atoms with van der Waals surface area (Å²) in [6.45, 7) is 5.69. The second kappa shape index (κ2) is 5.53. The number of hydrogen-bond donors (Lipinski definition) is 1. The zero-order valence-corrected chi connectivity index (χ0v) is 11.1. The van der Waals surface area contributed by atoms with Gasteiger partial charge >= 0.3 is 0 Å². The highest BCUT2D eigenvalue weighted by atomic mass is 16.3. The normalized spacial score (nSPS) is 19.9. The Morgan fingerprint density at radius 3 is 2.94 bits per heavy atom. The van der Waals surface area contributed by atoms with Gasteiger partial charge in [0.2, 0.25) is 0 Å². The van der Waals surface area contributed by atoms with Crippen LogP contribution >= 0.6 is 0 Å². The fourth-order valence-electron chi connectivity index (χ4n) is 2.55. The molecule has 3 nitrogen and oxygen atoms in total. The molecule has 98 valence electrons. The van der Waals surface area contributed by atoms with E-state index < -0.39 is 0 Å². The number of carbonyl (C=O) groups is 1. The van der Waals surface area contributed by atoms with Gasteiger partial charge in [-0.3, -0.25) is 4.79 Å². The predicted octanol–water partition coefficient (Wildman–Crippen LogP) is 2.15. The Bertz CT molecular complexity index is 442. The van der Waals surface area contributed by atoms with E-state index in [0.717, 1.165) is 36.1 Å². The summed E-state index contributed by atoms with van der Waals surface area (Å²) in [6, 6.07) is 5.86. The molecule has 0 aliphatic carbocycles. The average molecular weight is 247 g/mol. The molecular weight excluding hydrogens is 226 g/mol. The first-order valence-electron chi connectivity index (χ1n) is 6.60. The Kier molecular flexibility index (Phi) is 4.02. The van der Waals surface area contributed by atoms with Crippen molar-refractivity contribution in [2.45, 2.75) is 26.7 Å². The minimum Gasteiger partial charge on any atom is -0.396 e. The van der Waals surface area contributed by atoms with E-state index in [2.05, 4.69) is 0 Å². The fourth-order valence-corrected chi connectivity index (χ4v) is 2.55. The van der Waals surface area contributed by atoms with Crippen molar-refractivity contribution in [1.29, 1.82) is 0 Å². The molecule has 0 saturated carbocycles. The van der Waals surface area contributed by atoms with Gasteiger partial charge in [0.25, 0.3) is 5.91 Å². The summed E-state index contributed by atoms with van der Waals surface area (Å²) in [5.41, 5.74) is 3.01. The number of nitrogens with zero attached hydrogens (tertiary/aromatic N) is 1. The van der Waals surface area contributed by atoms with E-state index in [1.165, 1.54) is 0 Å². The van der Waals surface area contributed by atoms with Gasteiger partial charge in [-0.2, -0.15) is 0 Å². The molecule has 2 rings (SSSR count).